The van der Waals surface area contributed by atoms with Crippen LogP contribution in [0.4, 0.5) is 0 Å². The molecule has 1 atom stereocenters. The van der Waals surface area contributed by atoms with Gasteiger partial charge in [-0.05, 0) is 25.0 Å². The SMILES string of the molecule is O=C(O)[C@H]1CCCN(C(=O)c2cc(Cl)c3c(c2)OCCCO3)C1. The van der Waals surface area contributed by atoms with E-state index in [1.54, 1.807) is 17.0 Å². The molecule has 0 aromatic heterocycles. The number of halogens is 1. The number of carboxylic acids is 1. The number of ether oxygens (including phenoxy) is 2. The lowest BCUT2D eigenvalue weighted by molar-refractivity contribution is -0.143. The van der Waals surface area contributed by atoms with Crippen LogP contribution in [0.1, 0.15) is 29.6 Å². The second-order valence-electron chi connectivity index (χ2n) is 5.76. The Kier molecular flexibility index (Phi) is 4.61. The van der Waals surface area contributed by atoms with Gasteiger partial charge in [-0.2, -0.15) is 0 Å². The quantitative estimate of drug-likeness (QED) is 0.895. The molecule has 3 rings (SSSR count). The highest BCUT2D eigenvalue weighted by atomic mass is 35.5. The van der Waals surface area contributed by atoms with Crippen molar-refractivity contribution in [3.63, 3.8) is 0 Å². The van der Waals surface area contributed by atoms with Gasteiger partial charge < -0.3 is 19.5 Å². The number of amides is 1. The summed E-state index contributed by atoms with van der Waals surface area (Å²) in [6.45, 7) is 1.80. The first-order valence-corrected chi connectivity index (χ1v) is 8.05. The maximum atomic E-state index is 12.7. The van der Waals surface area contributed by atoms with Gasteiger partial charge in [0.25, 0.3) is 5.91 Å². The second kappa shape index (κ2) is 6.66. The zero-order chi connectivity index (χ0) is 16.4. The zero-order valence-electron chi connectivity index (χ0n) is 12.6. The molecular weight excluding hydrogens is 322 g/mol. The van der Waals surface area contributed by atoms with Crippen LogP contribution < -0.4 is 9.47 Å². The van der Waals surface area contributed by atoms with Gasteiger partial charge in [-0.25, -0.2) is 0 Å². The van der Waals surface area contributed by atoms with Crippen LogP contribution in [0, 0.1) is 5.92 Å². The van der Waals surface area contributed by atoms with Crippen molar-refractivity contribution >= 4 is 23.5 Å². The Labute approximate surface area is 138 Å². The molecule has 1 amide bonds. The monoisotopic (exact) mass is 339 g/mol. The normalized spacial score (nSPS) is 20.7. The van der Waals surface area contributed by atoms with E-state index in [2.05, 4.69) is 0 Å². The Bertz CT molecular complexity index is 633. The number of piperidine rings is 1. The number of nitrogens with zero attached hydrogens (tertiary/aromatic N) is 1. The fraction of sp³-hybridized carbons (Fsp3) is 0.500. The Morgan fingerprint density at radius 1 is 1.22 bits per heavy atom. The molecule has 1 fully saturated rings. The summed E-state index contributed by atoms with van der Waals surface area (Å²) in [6.07, 6.45) is 2.03. The van der Waals surface area contributed by atoms with Crippen molar-refractivity contribution in [3.05, 3.63) is 22.7 Å². The van der Waals surface area contributed by atoms with Crippen LogP contribution >= 0.6 is 11.6 Å². The minimum Gasteiger partial charge on any atom is -0.489 e. The smallest absolute Gasteiger partial charge is 0.308 e. The summed E-state index contributed by atoms with van der Waals surface area (Å²) in [7, 11) is 0. The highest BCUT2D eigenvalue weighted by Gasteiger charge is 2.29. The molecule has 0 aliphatic carbocycles. The predicted molar refractivity (Wildman–Crippen MR) is 83.3 cm³/mol. The molecule has 23 heavy (non-hydrogen) atoms. The molecule has 6 nitrogen and oxygen atoms in total. The molecule has 0 radical (unpaired) electrons. The molecule has 0 bridgehead atoms. The van der Waals surface area contributed by atoms with Crippen LogP contribution in [-0.4, -0.2) is 48.2 Å². The molecule has 1 N–H and O–H groups in total. The van der Waals surface area contributed by atoms with Crippen LogP contribution in [0.5, 0.6) is 11.5 Å². The number of benzene rings is 1. The average molecular weight is 340 g/mol. The van der Waals surface area contributed by atoms with E-state index in [0.717, 1.165) is 6.42 Å². The number of hydrogen-bond acceptors (Lipinski definition) is 4. The first-order valence-electron chi connectivity index (χ1n) is 7.67. The lowest BCUT2D eigenvalue weighted by Gasteiger charge is -2.31. The van der Waals surface area contributed by atoms with Crippen molar-refractivity contribution in [2.75, 3.05) is 26.3 Å². The van der Waals surface area contributed by atoms with E-state index in [-0.39, 0.29) is 12.5 Å². The summed E-state index contributed by atoms with van der Waals surface area (Å²) in [5.74, 6) is -0.677. The van der Waals surface area contributed by atoms with Crippen LogP contribution in [-0.2, 0) is 4.79 Å². The molecule has 124 valence electrons. The molecule has 2 aliphatic heterocycles. The van der Waals surface area contributed by atoms with Gasteiger partial charge in [0.1, 0.15) is 0 Å². The molecular formula is C16H18ClNO5. The van der Waals surface area contributed by atoms with E-state index >= 15 is 0 Å². The van der Waals surface area contributed by atoms with Crippen molar-refractivity contribution in [1.29, 1.82) is 0 Å². The van der Waals surface area contributed by atoms with E-state index in [9.17, 15) is 9.59 Å². The van der Waals surface area contributed by atoms with Crippen molar-refractivity contribution < 1.29 is 24.2 Å². The Balaban J connectivity index is 1.83. The van der Waals surface area contributed by atoms with Gasteiger partial charge in [-0.15, -0.1) is 0 Å². The summed E-state index contributed by atoms with van der Waals surface area (Å²) < 4.78 is 11.1. The van der Waals surface area contributed by atoms with Gasteiger partial charge in [0.05, 0.1) is 24.2 Å². The zero-order valence-corrected chi connectivity index (χ0v) is 13.3. The third kappa shape index (κ3) is 3.37. The van der Waals surface area contributed by atoms with Gasteiger partial charge in [-0.3, -0.25) is 9.59 Å². The number of fused-ring (bicyclic) bond motifs is 1. The van der Waals surface area contributed by atoms with Crippen LogP contribution in [0.25, 0.3) is 0 Å². The maximum absolute atomic E-state index is 12.7. The highest BCUT2D eigenvalue weighted by Crippen LogP contribution is 2.38. The Morgan fingerprint density at radius 3 is 2.78 bits per heavy atom. The topological polar surface area (TPSA) is 76.1 Å². The van der Waals surface area contributed by atoms with E-state index in [1.165, 1.54) is 0 Å². The maximum Gasteiger partial charge on any atom is 0.308 e. The van der Waals surface area contributed by atoms with Gasteiger partial charge in [0.15, 0.2) is 11.5 Å². The number of carbonyl (C=O) groups is 2. The predicted octanol–water partition coefficient (Wildman–Crippen LogP) is 2.44. The fourth-order valence-corrected chi connectivity index (χ4v) is 3.17. The molecule has 1 aromatic rings. The van der Waals surface area contributed by atoms with Gasteiger partial charge in [0, 0.05) is 25.1 Å². The number of likely N-dealkylation sites (tertiary alicyclic amines) is 1. The van der Waals surface area contributed by atoms with Crippen molar-refractivity contribution in [1.82, 2.24) is 4.90 Å². The highest BCUT2D eigenvalue weighted by molar-refractivity contribution is 6.32. The molecule has 0 spiro atoms. The molecule has 0 saturated carbocycles. The van der Waals surface area contributed by atoms with Gasteiger partial charge in [0.2, 0.25) is 0 Å². The number of hydrogen-bond donors (Lipinski definition) is 1. The Morgan fingerprint density at radius 2 is 2.00 bits per heavy atom. The van der Waals surface area contributed by atoms with Crippen molar-refractivity contribution in [3.8, 4) is 11.5 Å². The van der Waals surface area contributed by atoms with Crippen molar-refractivity contribution in [2.24, 2.45) is 5.92 Å². The molecule has 1 saturated heterocycles. The van der Waals surface area contributed by atoms with Crippen LogP contribution in [0.2, 0.25) is 5.02 Å². The lowest BCUT2D eigenvalue weighted by Crippen LogP contribution is -2.42. The average Bonchev–Trinajstić information content (AvgIpc) is 2.80. The van der Waals surface area contributed by atoms with Crippen molar-refractivity contribution in [2.45, 2.75) is 19.3 Å². The summed E-state index contributed by atoms with van der Waals surface area (Å²) in [5, 5.41) is 9.48. The largest absolute Gasteiger partial charge is 0.489 e. The summed E-state index contributed by atoms with van der Waals surface area (Å²) in [6, 6.07) is 3.18. The molecule has 1 aromatic carbocycles. The molecule has 0 unspecified atom stereocenters. The molecule has 2 heterocycles. The number of carbonyl (C=O) groups excluding carboxylic acids is 1. The number of aliphatic carboxylic acids is 1. The standard InChI is InChI=1S/C16H18ClNO5/c17-12-7-11(8-13-14(12)23-6-2-5-22-13)15(19)18-4-1-3-10(9-18)16(20)21/h7-8,10H,1-6,9H2,(H,20,21)/t10-/m0/s1. The third-order valence-corrected chi connectivity index (χ3v) is 4.39. The van der Waals surface area contributed by atoms with Crippen LogP contribution in [0.15, 0.2) is 12.1 Å². The second-order valence-corrected chi connectivity index (χ2v) is 6.17. The van der Waals surface area contributed by atoms with E-state index in [1.807, 2.05) is 0 Å². The Hall–Kier alpha value is -1.95. The minimum atomic E-state index is -0.862. The van der Waals surface area contributed by atoms with Crippen LogP contribution in [0.3, 0.4) is 0 Å². The van der Waals surface area contributed by atoms with E-state index in [0.29, 0.717) is 54.7 Å². The molecule has 7 heteroatoms. The first kappa shape index (κ1) is 15.9. The summed E-state index contributed by atoms with van der Waals surface area (Å²) in [4.78, 5) is 25.4. The molecule has 2 aliphatic rings. The van der Waals surface area contributed by atoms with E-state index < -0.39 is 11.9 Å². The fourth-order valence-electron chi connectivity index (χ4n) is 2.90. The summed E-state index contributed by atoms with van der Waals surface area (Å²) in [5.41, 5.74) is 0.394. The van der Waals surface area contributed by atoms with Gasteiger partial charge >= 0.3 is 5.97 Å². The lowest BCUT2D eigenvalue weighted by atomic mass is 9.97. The first-order chi connectivity index (χ1) is 11.1. The van der Waals surface area contributed by atoms with E-state index in [4.69, 9.17) is 26.2 Å². The minimum absolute atomic E-state index is 0.222. The van der Waals surface area contributed by atoms with Gasteiger partial charge in [-0.1, -0.05) is 11.6 Å². The number of rotatable bonds is 2. The summed E-state index contributed by atoms with van der Waals surface area (Å²) >= 11 is 6.21. The number of carboxylic acid groups (broad SMARTS) is 1. The third-order valence-electron chi connectivity index (χ3n) is 4.11.